The third kappa shape index (κ3) is 3.02. The van der Waals surface area contributed by atoms with E-state index in [1.165, 1.54) is 14.0 Å². The van der Waals surface area contributed by atoms with Gasteiger partial charge in [-0.2, -0.15) is 0 Å². The summed E-state index contributed by atoms with van der Waals surface area (Å²) in [5.74, 6) is -2.77. The Morgan fingerprint density at radius 1 is 1.13 bits per heavy atom. The molecule has 1 spiro atoms. The second-order valence-electron chi connectivity index (χ2n) is 13.0. The van der Waals surface area contributed by atoms with Gasteiger partial charge in [0.25, 0.3) is 0 Å². The lowest BCUT2D eigenvalue weighted by Gasteiger charge is -2.65. The molecule has 10 atom stereocenters. The number of epoxide rings is 1. The molecule has 3 heterocycles. The number of ether oxygens (including phenoxy) is 4. The molecule has 0 radical (unpaired) electrons. The molecule has 0 aromatic carbocycles. The highest BCUT2D eigenvalue weighted by molar-refractivity contribution is 5.93. The molecule has 9 nitrogen and oxygen atoms in total. The SMILES string of the molecule is COC(=O)C[C@H]1C(C)(C)[C@H](OC(C)=O)[C@H]2C(=O)[C@]1(C)C1CC[C@]3(C)C(CC(=O)O[C@H]3c3ccoc3)[C@]13O[C@H]23. The zero-order valence-electron chi connectivity index (χ0n) is 22.8. The van der Waals surface area contributed by atoms with Crippen molar-refractivity contribution in [3.8, 4) is 0 Å². The van der Waals surface area contributed by atoms with Crippen LogP contribution >= 0.6 is 0 Å². The molecule has 5 aliphatic rings. The van der Waals surface area contributed by atoms with Crippen molar-refractivity contribution < 1.29 is 42.5 Å². The Bertz CT molecular complexity index is 1200. The number of cyclic esters (lactones) is 1. The summed E-state index contributed by atoms with van der Waals surface area (Å²) < 4.78 is 28.9. The topological polar surface area (TPSA) is 122 Å². The molecule has 5 fully saturated rings. The second-order valence-corrected chi connectivity index (χ2v) is 13.0. The lowest BCUT2D eigenvalue weighted by Crippen LogP contribution is -2.72. The van der Waals surface area contributed by atoms with E-state index in [0.29, 0.717) is 6.42 Å². The molecule has 1 aromatic rings. The minimum absolute atomic E-state index is 0.0199. The van der Waals surface area contributed by atoms with Gasteiger partial charge in [-0.25, -0.2) is 0 Å². The smallest absolute Gasteiger partial charge is 0.306 e. The Morgan fingerprint density at radius 2 is 1.87 bits per heavy atom. The van der Waals surface area contributed by atoms with Crippen LogP contribution in [0, 0.1) is 39.9 Å². The average molecular weight is 529 g/mol. The molecule has 1 aromatic heterocycles. The van der Waals surface area contributed by atoms with Gasteiger partial charge in [0.15, 0.2) is 0 Å². The summed E-state index contributed by atoms with van der Waals surface area (Å²) in [5.41, 5.74) is -2.03. The van der Waals surface area contributed by atoms with Gasteiger partial charge in [0, 0.05) is 47.0 Å². The number of ketones is 1. The van der Waals surface area contributed by atoms with E-state index >= 15 is 0 Å². The number of Topliss-reactive ketones (excluding diaryl/α,β-unsaturated/α-hetero) is 1. The van der Waals surface area contributed by atoms with Crippen LogP contribution in [-0.4, -0.2) is 48.6 Å². The lowest BCUT2D eigenvalue weighted by molar-refractivity contribution is -0.221. The fourth-order valence-electron chi connectivity index (χ4n) is 9.48. The molecule has 3 saturated carbocycles. The molecule has 0 N–H and O–H groups in total. The van der Waals surface area contributed by atoms with Gasteiger partial charge in [0.05, 0.1) is 32.0 Å². The predicted molar refractivity (Wildman–Crippen MR) is 130 cm³/mol. The van der Waals surface area contributed by atoms with Crippen molar-refractivity contribution in [2.75, 3.05) is 7.11 Å². The Labute approximate surface area is 221 Å². The van der Waals surface area contributed by atoms with Crippen LogP contribution in [0.5, 0.6) is 0 Å². The number of hydrogen-bond donors (Lipinski definition) is 0. The zero-order valence-corrected chi connectivity index (χ0v) is 22.8. The van der Waals surface area contributed by atoms with Gasteiger partial charge < -0.3 is 23.4 Å². The molecular formula is C29H36O9. The monoisotopic (exact) mass is 528 g/mol. The maximum Gasteiger partial charge on any atom is 0.306 e. The number of carbonyl (C=O) groups is 4. The predicted octanol–water partition coefficient (Wildman–Crippen LogP) is 3.79. The summed E-state index contributed by atoms with van der Waals surface area (Å²) in [7, 11) is 1.34. The molecule has 3 aliphatic carbocycles. The number of fused-ring (bicyclic) bond motifs is 5. The number of methoxy groups -OCH3 is 1. The first kappa shape index (κ1) is 25.6. The molecule has 9 heteroatoms. The van der Waals surface area contributed by atoms with Crippen molar-refractivity contribution in [3.63, 3.8) is 0 Å². The largest absolute Gasteiger partial charge is 0.472 e. The number of esters is 3. The van der Waals surface area contributed by atoms with Crippen molar-refractivity contribution in [2.24, 2.45) is 39.9 Å². The Hall–Kier alpha value is -2.68. The highest BCUT2D eigenvalue weighted by atomic mass is 16.6. The molecule has 206 valence electrons. The van der Waals surface area contributed by atoms with E-state index < -0.39 is 63.9 Å². The molecule has 6 rings (SSSR count). The van der Waals surface area contributed by atoms with Gasteiger partial charge in [-0.05, 0) is 24.8 Å². The van der Waals surface area contributed by atoms with Gasteiger partial charge in [-0.1, -0.05) is 27.7 Å². The van der Waals surface area contributed by atoms with Crippen LogP contribution in [0.1, 0.15) is 72.0 Å². The van der Waals surface area contributed by atoms with Crippen molar-refractivity contribution in [1.29, 1.82) is 0 Å². The van der Waals surface area contributed by atoms with E-state index in [1.54, 1.807) is 12.5 Å². The summed E-state index contributed by atoms with van der Waals surface area (Å²) >= 11 is 0. The lowest BCUT2D eigenvalue weighted by atomic mass is 9.37. The fourth-order valence-corrected chi connectivity index (χ4v) is 9.48. The van der Waals surface area contributed by atoms with Gasteiger partial charge >= 0.3 is 17.9 Å². The summed E-state index contributed by atoms with van der Waals surface area (Å²) in [5, 5.41) is 0. The molecular weight excluding hydrogens is 492 g/mol. The number of carbonyl (C=O) groups excluding carboxylic acids is 4. The van der Waals surface area contributed by atoms with Crippen molar-refractivity contribution in [2.45, 2.75) is 84.2 Å². The van der Waals surface area contributed by atoms with E-state index in [4.69, 9.17) is 23.4 Å². The first-order chi connectivity index (χ1) is 17.8. The maximum absolute atomic E-state index is 14.4. The van der Waals surface area contributed by atoms with Crippen LogP contribution in [0.15, 0.2) is 23.0 Å². The minimum Gasteiger partial charge on any atom is -0.472 e. The van der Waals surface area contributed by atoms with Crippen molar-refractivity contribution in [3.05, 3.63) is 24.2 Å². The number of hydrogen-bond acceptors (Lipinski definition) is 9. The minimum atomic E-state index is -0.931. The summed E-state index contributed by atoms with van der Waals surface area (Å²) in [4.78, 5) is 52.5. The first-order valence-corrected chi connectivity index (χ1v) is 13.5. The molecule has 2 aliphatic heterocycles. The average Bonchev–Trinajstić information content (AvgIpc) is 3.31. The Balaban J connectivity index is 1.50. The number of rotatable bonds is 4. The van der Waals surface area contributed by atoms with Crippen molar-refractivity contribution in [1.82, 2.24) is 0 Å². The quantitative estimate of drug-likeness (QED) is 0.326. The summed E-state index contributed by atoms with van der Waals surface area (Å²) in [6.45, 7) is 9.38. The third-order valence-electron chi connectivity index (χ3n) is 11.1. The van der Waals surface area contributed by atoms with Crippen LogP contribution in [-0.2, 0) is 38.1 Å². The van der Waals surface area contributed by atoms with Gasteiger partial charge in [0.1, 0.15) is 29.7 Å². The van der Waals surface area contributed by atoms with E-state index in [2.05, 4.69) is 6.92 Å². The van der Waals surface area contributed by atoms with Gasteiger partial charge in [0.2, 0.25) is 0 Å². The van der Waals surface area contributed by atoms with Gasteiger partial charge in [-0.3, -0.25) is 19.2 Å². The molecule has 38 heavy (non-hydrogen) atoms. The van der Waals surface area contributed by atoms with Crippen molar-refractivity contribution >= 4 is 23.7 Å². The highest BCUT2D eigenvalue weighted by Gasteiger charge is 2.86. The van der Waals surface area contributed by atoms with Crippen LogP contribution in [0.25, 0.3) is 0 Å². The first-order valence-electron chi connectivity index (χ1n) is 13.5. The molecule has 0 amide bonds. The molecule has 2 saturated heterocycles. The number of furan rings is 1. The van der Waals surface area contributed by atoms with E-state index in [1.807, 2.05) is 26.8 Å². The van der Waals surface area contributed by atoms with Gasteiger partial charge in [-0.15, -0.1) is 0 Å². The standard InChI is InChI=1S/C29H36O9/c1-14(30)36-24-21-22(33)28(5,17(26(24,2)3)11-19(31)34-6)16-7-9-27(4)18(29(16)25(21)38-29)12-20(32)37-23(27)15-8-10-35-13-15/h8,10,13,16-18,21,23-25H,7,9,11-12H2,1-6H3/t16?,17-,18?,21+,23-,24+,25+,27+,28+,29+/m0/s1. The molecule has 2 unspecified atom stereocenters. The zero-order chi connectivity index (χ0) is 27.4. The maximum atomic E-state index is 14.4. The Kier molecular flexibility index (Phi) is 5.34. The highest BCUT2D eigenvalue weighted by Crippen LogP contribution is 2.77. The van der Waals surface area contributed by atoms with E-state index in [-0.39, 0.29) is 36.4 Å². The van der Waals surface area contributed by atoms with E-state index in [0.717, 1.165) is 12.0 Å². The third-order valence-corrected chi connectivity index (χ3v) is 11.1. The van der Waals surface area contributed by atoms with Crippen LogP contribution in [0.3, 0.4) is 0 Å². The normalized spacial score (nSPS) is 46.1. The van der Waals surface area contributed by atoms with Crippen LogP contribution in [0.2, 0.25) is 0 Å². The Morgan fingerprint density at radius 3 is 2.50 bits per heavy atom. The summed E-state index contributed by atoms with van der Waals surface area (Å²) in [6, 6.07) is 1.83. The summed E-state index contributed by atoms with van der Waals surface area (Å²) in [6.07, 6.45) is 3.05. The fraction of sp³-hybridized carbons (Fsp3) is 0.724. The second kappa shape index (κ2) is 7.93. The van der Waals surface area contributed by atoms with E-state index in [9.17, 15) is 19.2 Å². The molecule has 2 bridgehead atoms. The van der Waals surface area contributed by atoms with Crippen LogP contribution in [0.4, 0.5) is 0 Å². The van der Waals surface area contributed by atoms with Crippen LogP contribution < -0.4 is 0 Å².